The molecule has 0 amide bonds. The topological polar surface area (TPSA) is 0 Å². The summed E-state index contributed by atoms with van der Waals surface area (Å²) in [5.74, 6) is 0. The number of halogens is 1. The zero-order valence-electron chi connectivity index (χ0n) is 20.9. The van der Waals surface area contributed by atoms with E-state index in [1.165, 1.54) is 75.8 Å². The maximum atomic E-state index is 3.84. The van der Waals surface area contributed by atoms with E-state index in [0.717, 1.165) is 4.47 Å². The largest absolute Gasteiger partial charge is 0.135 e. The number of benzene rings is 6. The van der Waals surface area contributed by atoms with Crippen molar-refractivity contribution in [2.24, 2.45) is 0 Å². The molecule has 6 aromatic carbocycles. The SMILES string of the molecule is Brc1ccc2c(c1)C1(c3cc(-c4ccccc4)ccc3-2)c2ccccc2-c2c1ccc1sc3ccccc3c21. The first kappa shape index (κ1) is 21.9. The summed E-state index contributed by atoms with van der Waals surface area (Å²) in [7, 11) is 0. The predicted octanol–water partition coefficient (Wildman–Crippen LogP) is 10.8. The molecule has 0 N–H and O–H groups in total. The van der Waals surface area contributed by atoms with Crippen LogP contribution in [0.2, 0.25) is 0 Å². The van der Waals surface area contributed by atoms with Gasteiger partial charge in [-0.25, -0.2) is 0 Å². The van der Waals surface area contributed by atoms with Crippen LogP contribution in [-0.4, -0.2) is 0 Å². The van der Waals surface area contributed by atoms with E-state index < -0.39 is 0 Å². The maximum absolute atomic E-state index is 3.84. The molecule has 2 aliphatic carbocycles. The maximum Gasteiger partial charge on any atom is 0.0726 e. The molecule has 39 heavy (non-hydrogen) atoms. The molecule has 0 nitrogen and oxygen atoms in total. The van der Waals surface area contributed by atoms with Crippen LogP contribution >= 0.6 is 27.3 Å². The highest BCUT2D eigenvalue weighted by Crippen LogP contribution is 2.65. The van der Waals surface area contributed by atoms with Crippen LogP contribution in [0.1, 0.15) is 22.3 Å². The third-order valence-electron chi connectivity index (χ3n) is 8.75. The standard InChI is InChI=1S/C37H21BrS/c38-24-15-17-26-25-16-14-23(22-8-2-1-3-9-22)20-31(25)37(32(26)21-24)29-12-6-4-10-27(29)35-30(37)18-19-34-36(35)28-11-5-7-13-33(28)39-34/h1-21H. The quantitative estimate of drug-likeness (QED) is 0.182. The lowest BCUT2D eigenvalue weighted by Crippen LogP contribution is -2.26. The molecule has 1 heterocycles. The van der Waals surface area contributed by atoms with Gasteiger partial charge >= 0.3 is 0 Å². The summed E-state index contributed by atoms with van der Waals surface area (Å²) in [6.07, 6.45) is 0. The van der Waals surface area contributed by atoms with E-state index in [4.69, 9.17) is 0 Å². The van der Waals surface area contributed by atoms with Gasteiger partial charge in [0.15, 0.2) is 0 Å². The second-order valence-electron chi connectivity index (χ2n) is 10.6. The Labute approximate surface area is 239 Å². The first-order valence-corrected chi connectivity index (χ1v) is 14.9. The van der Waals surface area contributed by atoms with Crippen molar-refractivity contribution >= 4 is 47.4 Å². The van der Waals surface area contributed by atoms with E-state index in [1.54, 1.807) is 0 Å². The van der Waals surface area contributed by atoms with E-state index in [2.05, 4.69) is 143 Å². The van der Waals surface area contributed by atoms with Crippen molar-refractivity contribution < 1.29 is 0 Å². The van der Waals surface area contributed by atoms with Gasteiger partial charge in [0.25, 0.3) is 0 Å². The van der Waals surface area contributed by atoms with Crippen molar-refractivity contribution in [1.82, 2.24) is 0 Å². The van der Waals surface area contributed by atoms with Crippen LogP contribution in [0.5, 0.6) is 0 Å². The van der Waals surface area contributed by atoms with Crippen LogP contribution in [0.15, 0.2) is 132 Å². The molecule has 2 aliphatic rings. The molecule has 0 saturated heterocycles. The molecule has 0 aliphatic heterocycles. The van der Waals surface area contributed by atoms with Crippen LogP contribution in [0, 0.1) is 0 Å². The summed E-state index contributed by atoms with van der Waals surface area (Å²) >= 11 is 5.74. The van der Waals surface area contributed by atoms with Gasteiger partial charge in [-0.3, -0.25) is 0 Å². The fourth-order valence-corrected chi connectivity index (χ4v) is 8.74. The summed E-state index contributed by atoms with van der Waals surface area (Å²) in [6.45, 7) is 0. The smallest absolute Gasteiger partial charge is 0.0726 e. The Balaban J connectivity index is 1.48. The van der Waals surface area contributed by atoms with E-state index >= 15 is 0 Å². The van der Waals surface area contributed by atoms with Gasteiger partial charge in [0, 0.05) is 24.6 Å². The second kappa shape index (κ2) is 7.79. The Hall–Kier alpha value is -3.98. The van der Waals surface area contributed by atoms with Gasteiger partial charge in [-0.2, -0.15) is 0 Å². The average molecular weight is 578 g/mol. The number of fused-ring (bicyclic) bond motifs is 14. The molecule has 0 radical (unpaired) electrons. The van der Waals surface area contributed by atoms with E-state index in [1.807, 2.05) is 11.3 Å². The van der Waals surface area contributed by atoms with Gasteiger partial charge in [-0.05, 0) is 86.0 Å². The lowest BCUT2D eigenvalue weighted by molar-refractivity contribution is 0.794. The Bertz CT molecular complexity index is 2140. The molecular formula is C37H21BrS. The van der Waals surface area contributed by atoms with Gasteiger partial charge in [0.05, 0.1) is 5.41 Å². The number of rotatable bonds is 1. The van der Waals surface area contributed by atoms with E-state index in [0.29, 0.717) is 0 Å². The lowest BCUT2D eigenvalue weighted by atomic mass is 9.70. The molecule has 0 saturated carbocycles. The van der Waals surface area contributed by atoms with Gasteiger partial charge < -0.3 is 0 Å². The van der Waals surface area contributed by atoms with Gasteiger partial charge in [-0.15, -0.1) is 11.3 Å². The van der Waals surface area contributed by atoms with Crippen molar-refractivity contribution in [2.45, 2.75) is 5.41 Å². The van der Waals surface area contributed by atoms with Gasteiger partial charge in [0.1, 0.15) is 0 Å². The second-order valence-corrected chi connectivity index (χ2v) is 12.6. The monoisotopic (exact) mass is 576 g/mol. The van der Waals surface area contributed by atoms with E-state index in [-0.39, 0.29) is 5.41 Å². The highest BCUT2D eigenvalue weighted by atomic mass is 79.9. The summed E-state index contributed by atoms with van der Waals surface area (Å²) in [4.78, 5) is 0. The van der Waals surface area contributed by atoms with Crippen LogP contribution < -0.4 is 0 Å². The van der Waals surface area contributed by atoms with Gasteiger partial charge in [0.2, 0.25) is 0 Å². The molecule has 1 aromatic heterocycles. The van der Waals surface area contributed by atoms with Crippen molar-refractivity contribution in [3.63, 3.8) is 0 Å². The Morgan fingerprint density at radius 2 is 1.23 bits per heavy atom. The highest BCUT2D eigenvalue weighted by molar-refractivity contribution is 9.10. The van der Waals surface area contributed by atoms with Crippen molar-refractivity contribution in [2.75, 3.05) is 0 Å². The predicted molar refractivity (Wildman–Crippen MR) is 169 cm³/mol. The van der Waals surface area contributed by atoms with E-state index in [9.17, 15) is 0 Å². The van der Waals surface area contributed by atoms with Crippen LogP contribution in [0.3, 0.4) is 0 Å². The summed E-state index contributed by atoms with van der Waals surface area (Å²) in [5, 5.41) is 2.74. The normalized spacial score (nSPS) is 16.4. The molecule has 1 spiro atoms. The highest BCUT2D eigenvalue weighted by Gasteiger charge is 2.52. The lowest BCUT2D eigenvalue weighted by Gasteiger charge is -2.31. The minimum absolute atomic E-state index is 0.373. The molecule has 1 atom stereocenters. The Morgan fingerprint density at radius 3 is 2.13 bits per heavy atom. The molecule has 7 aromatic rings. The number of thiophene rings is 1. The average Bonchev–Trinajstić information content (AvgIpc) is 3.60. The van der Waals surface area contributed by atoms with Crippen molar-refractivity contribution in [1.29, 1.82) is 0 Å². The third-order valence-corrected chi connectivity index (χ3v) is 10.4. The van der Waals surface area contributed by atoms with Crippen molar-refractivity contribution in [3.8, 4) is 33.4 Å². The van der Waals surface area contributed by atoms with Crippen LogP contribution in [0.4, 0.5) is 0 Å². The summed E-state index contributed by atoms with van der Waals surface area (Å²) < 4.78 is 3.82. The fraction of sp³-hybridized carbons (Fsp3) is 0.0270. The summed E-state index contributed by atoms with van der Waals surface area (Å²) in [6, 6.07) is 47.5. The number of hydrogen-bond acceptors (Lipinski definition) is 1. The molecule has 0 fully saturated rings. The Kier molecular flexibility index (Phi) is 4.37. The summed E-state index contributed by atoms with van der Waals surface area (Å²) in [5.41, 5.74) is 13.0. The zero-order valence-corrected chi connectivity index (χ0v) is 23.3. The zero-order chi connectivity index (χ0) is 25.7. The number of hydrogen-bond donors (Lipinski definition) is 0. The van der Waals surface area contributed by atoms with Crippen LogP contribution in [0.25, 0.3) is 53.6 Å². The molecule has 182 valence electrons. The third kappa shape index (κ3) is 2.73. The van der Waals surface area contributed by atoms with Gasteiger partial charge in [-0.1, -0.05) is 113 Å². The first-order valence-electron chi connectivity index (χ1n) is 13.3. The molecule has 1 unspecified atom stereocenters. The minimum atomic E-state index is -0.373. The Morgan fingerprint density at radius 1 is 0.487 bits per heavy atom. The van der Waals surface area contributed by atoms with Crippen molar-refractivity contribution in [3.05, 3.63) is 154 Å². The molecule has 9 rings (SSSR count). The fourth-order valence-electron chi connectivity index (χ4n) is 7.27. The molecular weight excluding hydrogens is 556 g/mol. The molecule has 0 bridgehead atoms. The molecule has 2 heteroatoms. The van der Waals surface area contributed by atoms with Crippen LogP contribution in [-0.2, 0) is 5.41 Å². The first-order chi connectivity index (χ1) is 19.2. The minimum Gasteiger partial charge on any atom is -0.135 e.